The van der Waals surface area contributed by atoms with Crippen LogP contribution in [0.2, 0.25) is 0 Å². The van der Waals surface area contributed by atoms with E-state index in [1.54, 1.807) is 23.6 Å². The SMILES string of the molecule is CN1CC(c2ccccc2)C2(CCCN(C(=O)[C@@H](COCC3CCCCC3)NC(=O)C(C)(C)N)C2)C1=O. The smallest absolute Gasteiger partial charge is 0.247 e. The van der Waals surface area contributed by atoms with Crippen molar-refractivity contribution in [1.29, 1.82) is 0 Å². The van der Waals surface area contributed by atoms with Gasteiger partial charge in [0.1, 0.15) is 6.04 Å². The summed E-state index contributed by atoms with van der Waals surface area (Å²) >= 11 is 0. The quantitative estimate of drug-likeness (QED) is 0.557. The van der Waals surface area contributed by atoms with Crippen LogP contribution < -0.4 is 11.1 Å². The van der Waals surface area contributed by atoms with E-state index in [0.717, 1.165) is 31.2 Å². The highest BCUT2D eigenvalue weighted by atomic mass is 16.5. The summed E-state index contributed by atoms with van der Waals surface area (Å²) in [6, 6.07) is 9.30. The topological polar surface area (TPSA) is 105 Å². The average molecular weight is 513 g/mol. The lowest BCUT2D eigenvalue weighted by Crippen LogP contribution is -2.60. The molecule has 2 heterocycles. The maximum atomic E-state index is 13.9. The van der Waals surface area contributed by atoms with E-state index in [1.807, 2.05) is 25.2 Å². The van der Waals surface area contributed by atoms with Crippen molar-refractivity contribution in [2.24, 2.45) is 17.1 Å². The first-order valence-electron chi connectivity index (χ1n) is 13.9. The van der Waals surface area contributed by atoms with Gasteiger partial charge in [-0.05, 0) is 51.0 Å². The van der Waals surface area contributed by atoms with Crippen LogP contribution in [0.25, 0.3) is 0 Å². The van der Waals surface area contributed by atoms with Crippen LogP contribution in [0, 0.1) is 11.3 Å². The minimum absolute atomic E-state index is 0.0142. The van der Waals surface area contributed by atoms with Gasteiger partial charge in [0.05, 0.1) is 17.6 Å². The average Bonchev–Trinajstić information content (AvgIpc) is 3.13. The molecule has 37 heavy (non-hydrogen) atoms. The Morgan fingerprint density at radius 1 is 1.16 bits per heavy atom. The van der Waals surface area contributed by atoms with Crippen LogP contribution in [0.5, 0.6) is 0 Å². The van der Waals surface area contributed by atoms with E-state index in [1.165, 1.54) is 19.3 Å². The van der Waals surface area contributed by atoms with Crippen LogP contribution in [0.1, 0.15) is 70.3 Å². The highest BCUT2D eigenvalue weighted by molar-refractivity contribution is 5.92. The molecule has 1 aromatic rings. The summed E-state index contributed by atoms with van der Waals surface area (Å²) in [6.45, 7) is 5.48. The third kappa shape index (κ3) is 6.17. The predicted octanol–water partition coefficient (Wildman–Crippen LogP) is 2.67. The Bertz CT molecular complexity index is 956. The normalized spacial score (nSPS) is 25.9. The van der Waals surface area contributed by atoms with Crippen molar-refractivity contribution in [3.05, 3.63) is 35.9 Å². The van der Waals surface area contributed by atoms with Crippen LogP contribution >= 0.6 is 0 Å². The van der Waals surface area contributed by atoms with Gasteiger partial charge < -0.3 is 25.6 Å². The summed E-state index contributed by atoms with van der Waals surface area (Å²) in [4.78, 5) is 43.8. The van der Waals surface area contributed by atoms with Crippen LogP contribution in [0.4, 0.5) is 0 Å². The maximum absolute atomic E-state index is 13.9. The Kier molecular flexibility index (Phi) is 8.59. The summed E-state index contributed by atoms with van der Waals surface area (Å²) in [5.41, 5.74) is 5.38. The van der Waals surface area contributed by atoms with Gasteiger partial charge in [-0.2, -0.15) is 0 Å². The van der Waals surface area contributed by atoms with Gasteiger partial charge in [0, 0.05) is 39.2 Å². The minimum Gasteiger partial charge on any atom is -0.378 e. The summed E-state index contributed by atoms with van der Waals surface area (Å²) in [7, 11) is 1.85. The zero-order chi connectivity index (χ0) is 26.6. The molecule has 0 radical (unpaired) electrons. The first kappa shape index (κ1) is 27.6. The minimum atomic E-state index is -1.12. The van der Waals surface area contributed by atoms with Crippen LogP contribution in [-0.4, -0.2) is 79.0 Å². The van der Waals surface area contributed by atoms with Crippen molar-refractivity contribution in [3.63, 3.8) is 0 Å². The number of likely N-dealkylation sites (N-methyl/N-ethyl adjacent to an activating group) is 1. The molecule has 3 fully saturated rings. The lowest BCUT2D eigenvalue weighted by atomic mass is 9.69. The van der Waals surface area contributed by atoms with E-state index in [2.05, 4.69) is 17.4 Å². The number of benzene rings is 1. The number of hydrogen-bond donors (Lipinski definition) is 2. The van der Waals surface area contributed by atoms with E-state index in [9.17, 15) is 14.4 Å². The van der Waals surface area contributed by atoms with Gasteiger partial charge >= 0.3 is 0 Å². The van der Waals surface area contributed by atoms with Crippen LogP contribution in [-0.2, 0) is 19.1 Å². The number of piperidine rings is 1. The summed E-state index contributed by atoms with van der Waals surface area (Å²) in [6.07, 6.45) is 7.47. The molecular weight excluding hydrogens is 468 g/mol. The Morgan fingerprint density at radius 3 is 2.54 bits per heavy atom. The maximum Gasteiger partial charge on any atom is 0.247 e. The van der Waals surface area contributed by atoms with Crippen LogP contribution in [0.3, 0.4) is 0 Å². The second-order valence-electron chi connectivity index (χ2n) is 12.0. The number of hydrogen-bond acceptors (Lipinski definition) is 5. The van der Waals surface area contributed by atoms with Gasteiger partial charge in [-0.3, -0.25) is 14.4 Å². The number of nitrogens with one attached hydrogen (secondary N) is 1. The first-order chi connectivity index (χ1) is 17.6. The highest BCUT2D eigenvalue weighted by Crippen LogP contribution is 2.49. The number of ether oxygens (including phenoxy) is 1. The van der Waals surface area contributed by atoms with Crippen molar-refractivity contribution >= 4 is 17.7 Å². The molecule has 2 unspecified atom stereocenters. The molecular formula is C29H44N4O4. The zero-order valence-electron chi connectivity index (χ0n) is 22.7. The number of carbonyl (C=O) groups excluding carboxylic acids is 3. The molecule has 3 amide bonds. The molecule has 1 aliphatic carbocycles. The Hall–Kier alpha value is -2.45. The van der Waals surface area contributed by atoms with Gasteiger partial charge in [-0.1, -0.05) is 49.6 Å². The van der Waals surface area contributed by atoms with E-state index in [-0.39, 0.29) is 24.3 Å². The number of rotatable bonds is 8. The molecule has 3 aliphatic rings. The van der Waals surface area contributed by atoms with E-state index >= 15 is 0 Å². The third-order valence-corrected chi connectivity index (χ3v) is 8.49. The molecule has 3 atom stereocenters. The van der Waals surface area contributed by atoms with Crippen molar-refractivity contribution in [2.45, 2.75) is 76.3 Å². The standard InChI is InChI=1S/C29H44N4O4/c1-28(2,30)26(35)31-24(19-37-18-21-11-6-4-7-12-21)25(34)33-16-10-15-29(20-33)23(17-32(3)27(29)36)22-13-8-5-9-14-22/h5,8-9,13-14,21,23-24H,4,6-7,10-12,15-20,30H2,1-3H3,(H,31,35)/t23?,24-,29?/m1/s1. The Morgan fingerprint density at radius 2 is 1.86 bits per heavy atom. The molecule has 3 N–H and O–H groups in total. The monoisotopic (exact) mass is 512 g/mol. The highest BCUT2D eigenvalue weighted by Gasteiger charge is 2.55. The molecule has 1 aromatic carbocycles. The lowest BCUT2D eigenvalue weighted by Gasteiger charge is -2.43. The predicted molar refractivity (Wildman–Crippen MR) is 143 cm³/mol. The Labute approximate surface area is 221 Å². The lowest BCUT2D eigenvalue weighted by molar-refractivity contribution is -0.147. The molecule has 0 bridgehead atoms. The van der Waals surface area contributed by atoms with Gasteiger partial charge in [0.25, 0.3) is 0 Å². The molecule has 4 rings (SSSR count). The van der Waals surface area contributed by atoms with Crippen LogP contribution in [0.15, 0.2) is 30.3 Å². The van der Waals surface area contributed by atoms with E-state index in [4.69, 9.17) is 10.5 Å². The van der Waals surface area contributed by atoms with Crippen molar-refractivity contribution in [2.75, 3.05) is 39.9 Å². The molecule has 8 heteroatoms. The van der Waals surface area contributed by atoms with E-state index in [0.29, 0.717) is 32.2 Å². The second kappa shape index (κ2) is 11.5. The number of nitrogens with two attached hydrogens (primary N) is 1. The molecule has 0 aromatic heterocycles. The number of nitrogens with zero attached hydrogens (tertiary/aromatic N) is 2. The fraction of sp³-hybridized carbons (Fsp3) is 0.690. The molecule has 204 valence electrons. The number of likely N-dealkylation sites (tertiary alicyclic amines) is 2. The van der Waals surface area contributed by atoms with Gasteiger partial charge in [0.2, 0.25) is 17.7 Å². The summed E-state index contributed by atoms with van der Waals surface area (Å²) in [5.74, 6) is 0.0197. The fourth-order valence-corrected chi connectivity index (χ4v) is 6.35. The van der Waals surface area contributed by atoms with Gasteiger partial charge in [-0.25, -0.2) is 0 Å². The third-order valence-electron chi connectivity index (χ3n) is 8.49. The van der Waals surface area contributed by atoms with Crippen molar-refractivity contribution < 1.29 is 19.1 Å². The fourth-order valence-electron chi connectivity index (χ4n) is 6.35. The molecule has 1 spiro atoms. The van der Waals surface area contributed by atoms with Gasteiger partial charge in [0.15, 0.2) is 0 Å². The second-order valence-corrected chi connectivity index (χ2v) is 12.0. The van der Waals surface area contributed by atoms with Gasteiger partial charge in [-0.15, -0.1) is 0 Å². The summed E-state index contributed by atoms with van der Waals surface area (Å²) < 4.78 is 6.03. The van der Waals surface area contributed by atoms with Crippen molar-refractivity contribution in [3.8, 4) is 0 Å². The number of amides is 3. The molecule has 1 saturated carbocycles. The van der Waals surface area contributed by atoms with E-state index < -0.39 is 22.9 Å². The van der Waals surface area contributed by atoms with Crippen molar-refractivity contribution in [1.82, 2.24) is 15.1 Å². The Balaban J connectivity index is 1.51. The molecule has 2 aliphatic heterocycles. The first-order valence-corrected chi connectivity index (χ1v) is 13.9. The number of carbonyl (C=O) groups is 3. The zero-order valence-corrected chi connectivity index (χ0v) is 22.7. The molecule has 2 saturated heterocycles. The summed E-state index contributed by atoms with van der Waals surface area (Å²) in [5, 5.41) is 2.86. The largest absolute Gasteiger partial charge is 0.378 e. The molecule has 8 nitrogen and oxygen atoms in total.